The topological polar surface area (TPSA) is 41.1 Å². The van der Waals surface area contributed by atoms with Crippen LogP contribution in [-0.4, -0.2) is 40.7 Å². The lowest BCUT2D eigenvalue weighted by Gasteiger charge is -1.82. The van der Waals surface area contributed by atoms with Gasteiger partial charge >= 0.3 is 0 Å². The molecule has 0 saturated heterocycles. The molecule has 1 aliphatic rings. The van der Waals surface area contributed by atoms with Crippen LogP contribution in [0.5, 0.6) is 0 Å². The van der Waals surface area contributed by atoms with E-state index in [1.165, 1.54) is 5.56 Å². The minimum absolute atomic E-state index is 0.972. The van der Waals surface area contributed by atoms with Crippen LogP contribution in [0.4, 0.5) is 0 Å². The van der Waals surface area contributed by atoms with E-state index in [1.54, 1.807) is 24.9 Å². The SMILES string of the molecule is C[N+]1=CN=CC1.Cc1ccccn1.Cc1ccncc1. The molecule has 0 atom stereocenters. The molecule has 4 nitrogen and oxygen atoms in total. The predicted molar refractivity (Wildman–Crippen MR) is 83.6 cm³/mol. The van der Waals surface area contributed by atoms with Crippen LogP contribution < -0.4 is 0 Å². The van der Waals surface area contributed by atoms with E-state index in [0.717, 1.165) is 12.2 Å². The summed E-state index contributed by atoms with van der Waals surface area (Å²) in [5.74, 6) is 0. The second-order valence-electron chi connectivity index (χ2n) is 4.38. The van der Waals surface area contributed by atoms with Crippen LogP contribution in [-0.2, 0) is 0 Å². The summed E-state index contributed by atoms with van der Waals surface area (Å²) in [5, 5.41) is 0. The Morgan fingerprint density at radius 3 is 2.00 bits per heavy atom. The van der Waals surface area contributed by atoms with Crippen molar-refractivity contribution in [2.24, 2.45) is 4.99 Å². The fraction of sp³-hybridized carbons (Fsp3) is 0.250. The number of aromatic nitrogens is 2. The Kier molecular flexibility index (Phi) is 7.50. The molecule has 0 aromatic carbocycles. The molecular formula is C16H21N4+. The number of hydrogen-bond acceptors (Lipinski definition) is 3. The second-order valence-corrected chi connectivity index (χ2v) is 4.38. The number of aryl methyl sites for hydroxylation is 2. The van der Waals surface area contributed by atoms with Crippen molar-refractivity contribution in [2.75, 3.05) is 13.6 Å². The average Bonchev–Trinajstić information content (AvgIpc) is 2.93. The minimum Gasteiger partial charge on any atom is -0.265 e. The summed E-state index contributed by atoms with van der Waals surface area (Å²) in [4.78, 5) is 11.7. The number of hydrogen-bond donors (Lipinski definition) is 0. The van der Waals surface area contributed by atoms with Gasteiger partial charge in [-0.05, 0) is 43.7 Å². The van der Waals surface area contributed by atoms with E-state index in [9.17, 15) is 0 Å². The van der Waals surface area contributed by atoms with E-state index < -0.39 is 0 Å². The Bertz CT molecular complexity index is 495. The standard InChI is InChI=1S/2C6H7N.C4H7N2/c1-6-2-4-7-5-3-6;1-6-4-2-3-5-7-6;1-6-3-2-5-4-6/h2*2-5H,1H3;2,4H,3H2,1H3/q;;+1. The van der Waals surface area contributed by atoms with Crippen LogP contribution in [0.1, 0.15) is 11.3 Å². The number of aliphatic imine (C=N–C) groups is 1. The maximum absolute atomic E-state index is 3.98. The van der Waals surface area contributed by atoms with Crippen molar-refractivity contribution >= 4 is 12.6 Å². The smallest absolute Gasteiger partial charge is 0.265 e. The first kappa shape index (κ1) is 15.7. The fourth-order valence-corrected chi connectivity index (χ4v) is 1.26. The maximum atomic E-state index is 3.98. The van der Waals surface area contributed by atoms with Gasteiger partial charge in [-0.15, -0.1) is 0 Å². The molecule has 0 amide bonds. The highest BCUT2D eigenvalue weighted by Gasteiger charge is 1.95. The molecule has 3 heterocycles. The van der Waals surface area contributed by atoms with Gasteiger partial charge in [0.1, 0.15) is 6.54 Å². The van der Waals surface area contributed by atoms with Crippen LogP contribution in [0.3, 0.4) is 0 Å². The van der Waals surface area contributed by atoms with Gasteiger partial charge in [-0.3, -0.25) is 14.5 Å². The van der Waals surface area contributed by atoms with Gasteiger partial charge in [-0.1, -0.05) is 11.1 Å². The van der Waals surface area contributed by atoms with Gasteiger partial charge in [0.05, 0.1) is 7.05 Å². The fourth-order valence-electron chi connectivity index (χ4n) is 1.26. The normalized spacial score (nSPS) is 11.7. The van der Waals surface area contributed by atoms with E-state index in [4.69, 9.17) is 0 Å². The molecule has 20 heavy (non-hydrogen) atoms. The molecule has 0 N–H and O–H groups in total. The Morgan fingerprint density at radius 2 is 1.75 bits per heavy atom. The van der Waals surface area contributed by atoms with Gasteiger partial charge in [-0.25, -0.2) is 0 Å². The first-order valence-corrected chi connectivity index (χ1v) is 6.48. The van der Waals surface area contributed by atoms with Crippen LogP contribution >= 0.6 is 0 Å². The van der Waals surface area contributed by atoms with E-state index in [2.05, 4.69) is 15.0 Å². The lowest BCUT2D eigenvalue weighted by molar-refractivity contribution is -0.472. The largest absolute Gasteiger partial charge is 0.281 e. The van der Waals surface area contributed by atoms with Gasteiger partial charge < -0.3 is 0 Å². The highest BCUT2D eigenvalue weighted by molar-refractivity contribution is 5.74. The lowest BCUT2D eigenvalue weighted by atomic mass is 10.3. The molecule has 0 fully saturated rings. The number of rotatable bonds is 0. The van der Waals surface area contributed by atoms with Crippen molar-refractivity contribution in [3.05, 3.63) is 60.2 Å². The zero-order chi connectivity index (χ0) is 14.6. The van der Waals surface area contributed by atoms with E-state index in [-0.39, 0.29) is 0 Å². The summed E-state index contributed by atoms with van der Waals surface area (Å²) in [6, 6.07) is 9.80. The Balaban J connectivity index is 0.000000151. The molecule has 0 aliphatic carbocycles. The molecule has 4 heteroatoms. The van der Waals surface area contributed by atoms with Crippen molar-refractivity contribution in [3.63, 3.8) is 0 Å². The zero-order valence-electron chi connectivity index (χ0n) is 12.3. The second kappa shape index (κ2) is 9.55. The van der Waals surface area contributed by atoms with Gasteiger partial charge in [0.25, 0.3) is 6.34 Å². The quantitative estimate of drug-likeness (QED) is 0.690. The molecule has 0 unspecified atom stereocenters. The van der Waals surface area contributed by atoms with Crippen molar-refractivity contribution in [1.82, 2.24) is 9.97 Å². The monoisotopic (exact) mass is 269 g/mol. The van der Waals surface area contributed by atoms with E-state index in [0.29, 0.717) is 0 Å². The van der Waals surface area contributed by atoms with Crippen LogP contribution in [0, 0.1) is 13.8 Å². The summed E-state index contributed by atoms with van der Waals surface area (Å²) >= 11 is 0. The molecule has 0 radical (unpaired) electrons. The first-order chi connectivity index (χ1) is 9.68. The Labute approximate surface area is 120 Å². The van der Waals surface area contributed by atoms with Crippen LogP contribution in [0.15, 0.2) is 53.9 Å². The van der Waals surface area contributed by atoms with Gasteiger partial charge in [0.2, 0.25) is 0 Å². The van der Waals surface area contributed by atoms with Crippen molar-refractivity contribution in [1.29, 1.82) is 0 Å². The summed E-state index contributed by atoms with van der Waals surface area (Å²) in [6.07, 6.45) is 9.04. The zero-order valence-corrected chi connectivity index (χ0v) is 12.3. The minimum atomic E-state index is 0.972. The molecule has 0 spiro atoms. The number of nitrogens with zero attached hydrogens (tertiary/aromatic N) is 4. The third kappa shape index (κ3) is 7.87. The molecular weight excluding hydrogens is 248 g/mol. The van der Waals surface area contributed by atoms with Crippen molar-refractivity contribution < 1.29 is 4.58 Å². The van der Waals surface area contributed by atoms with Crippen molar-refractivity contribution in [3.8, 4) is 0 Å². The summed E-state index contributed by atoms with van der Waals surface area (Å²) in [5.41, 5.74) is 2.33. The highest BCUT2D eigenvalue weighted by atomic mass is 15.1. The molecule has 2 aromatic rings. The summed E-state index contributed by atoms with van der Waals surface area (Å²) < 4.78 is 2.01. The molecule has 0 saturated carbocycles. The average molecular weight is 269 g/mol. The van der Waals surface area contributed by atoms with Gasteiger partial charge in [0, 0.05) is 24.3 Å². The van der Waals surface area contributed by atoms with Gasteiger partial charge in [0.15, 0.2) is 6.21 Å². The maximum Gasteiger partial charge on any atom is 0.281 e. The molecule has 2 aromatic heterocycles. The van der Waals surface area contributed by atoms with Crippen molar-refractivity contribution in [2.45, 2.75) is 13.8 Å². The molecule has 104 valence electrons. The molecule has 0 bridgehead atoms. The lowest BCUT2D eigenvalue weighted by Crippen LogP contribution is -2.01. The van der Waals surface area contributed by atoms with Gasteiger partial charge in [-0.2, -0.15) is 0 Å². The third-order valence-corrected chi connectivity index (χ3v) is 2.40. The first-order valence-electron chi connectivity index (χ1n) is 6.48. The van der Waals surface area contributed by atoms with Crippen LogP contribution in [0.25, 0.3) is 0 Å². The molecule has 1 aliphatic heterocycles. The highest BCUT2D eigenvalue weighted by Crippen LogP contribution is 1.88. The summed E-state index contributed by atoms with van der Waals surface area (Å²) in [6.45, 7) is 4.99. The van der Waals surface area contributed by atoms with Crippen LogP contribution in [0.2, 0.25) is 0 Å². The van der Waals surface area contributed by atoms with E-state index >= 15 is 0 Å². The molecule has 3 rings (SSSR count). The Morgan fingerprint density at radius 1 is 1.00 bits per heavy atom. The Hall–Kier alpha value is -2.36. The predicted octanol–water partition coefficient (Wildman–Crippen LogP) is 2.52. The third-order valence-electron chi connectivity index (χ3n) is 2.40. The number of pyridine rings is 2. The van der Waals surface area contributed by atoms with E-state index in [1.807, 2.05) is 62.0 Å². The summed E-state index contributed by atoms with van der Waals surface area (Å²) in [7, 11) is 1.99.